The fraction of sp³-hybridized carbons (Fsp3) is 0.333. The first-order valence-electron chi connectivity index (χ1n) is 8.05. The Balaban J connectivity index is 1.91. The van der Waals surface area contributed by atoms with Gasteiger partial charge in [0.15, 0.2) is 0 Å². The van der Waals surface area contributed by atoms with Crippen molar-refractivity contribution in [3.8, 4) is 16.9 Å². The van der Waals surface area contributed by atoms with E-state index in [9.17, 15) is 0 Å². The predicted octanol–water partition coefficient (Wildman–Crippen LogP) is 3.10. The first-order valence-corrected chi connectivity index (χ1v) is 8.93. The Morgan fingerprint density at radius 1 is 1.16 bits per heavy atom. The number of methoxy groups -OCH3 is 1. The van der Waals surface area contributed by atoms with Gasteiger partial charge < -0.3 is 19.9 Å². The Bertz CT molecular complexity index is 833. The topological polar surface area (TPSA) is 76.5 Å². The third-order valence-corrected chi connectivity index (χ3v) is 4.59. The van der Waals surface area contributed by atoms with Gasteiger partial charge in [0.2, 0.25) is 0 Å². The molecule has 25 heavy (non-hydrogen) atoms. The Kier molecular flexibility index (Phi) is 5.80. The molecule has 2 aromatic heterocycles. The fourth-order valence-corrected chi connectivity index (χ4v) is 3.56. The number of hydrogen-bond donors (Lipinski definition) is 2. The van der Waals surface area contributed by atoms with Crippen molar-refractivity contribution < 1.29 is 14.6 Å². The summed E-state index contributed by atoms with van der Waals surface area (Å²) in [6.07, 6.45) is 0. The van der Waals surface area contributed by atoms with Crippen LogP contribution in [0, 0.1) is 6.92 Å². The zero-order chi connectivity index (χ0) is 17.6. The van der Waals surface area contributed by atoms with Gasteiger partial charge in [-0.05, 0) is 24.6 Å². The minimum absolute atomic E-state index is 0.0308. The van der Waals surface area contributed by atoms with Crippen LogP contribution in [-0.4, -0.2) is 48.5 Å². The normalized spacial score (nSPS) is 11.0. The van der Waals surface area contributed by atoms with Crippen molar-refractivity contribution >= 4 is 27.4 Å². The van der Waals surface area contributed by atoms with Crippen LogP contribution in [0.4, 0.5) is 5.82 Å². The quantitative estimate of drug-likeness (QED) is 0.602. The number of nitrogens with one attached hydrogen (secondary N) is 1. The summed E-state index contributed by atoms with van der Waals surface area (Å²) in [5, 5.41) is 15.2. The number of anilines is 1. The summed E-state index contributed by atoms with van der Waals surface area (Å²) in [5.41, 5.74) is 2.19. The average molecular weight is 359 g/mol. The van der Waals surface area contributed by atoms with Crippen molar-refractivity contribution in [3.05, 3.63) is 35.5 Å². The van der Waals surface area contributed by atoms with Gasteiger partial charge in [0.1, 0.15) is 22.2 Å². The Morgan fingerprint density at radius 3 is 2.68 bits per heavy atom. The van der Waals surface area contributed by atoms with Crippen molar-refractivity contribution in [3.63, 3.8) is 0 Å². The number of aromatic nitrogens is 2. The SMILES string of the molecule is COc1ccc(-c2csc3nc(C)nc(NCCOCCO)c23)cc1. The number of ether oxygens (including phenoxy) is 2. The second-order valence-electron chi connectivity index (χ2n) is 5.44. The highest BCUT2D eigenvalue weighted by Gasteiger charge is 2.14. The Labute approximate surface area is 150 Å². The van der Waals surface area contributed by atoms with Gasteiger partial charge in [0.05, 0.1) is 32.3 Å². The average Bonchev–Trinajstić information content (AvgIpc) is 3.05. The van der Waals surface area contributed by atoms with E-state index in [4.69, 9.17) is 14.6 Å². The minimum Gasteiger partial charge on any atom is -0.497 e. The van der Waals surface area contributed by atoms with Gasteiger partial charge in [-0.1, -0.05) is 12.1 Å². The van der Waals surface area contributed by atoms with Crippen LogP contribution >= 0.6 is 11.3 Å². The molecule has 0 saturated heterocycles. The van der Waals surface area contributed by atoms with Crippen LogP contribution in [0.5, 0.6) is 5.75 Å². The van der Waals surface area contributed by atoms with E-state index >= 15 is 0 Å². The Morgan fingerprint density at radius 2 is 1.96 bits per heavy atom. The standard InChI is InChI=1S/C18H21N3O3S/c1-12-20-17(19-7-9-24-10-8-22)16-15(11-25-18(16)21-12)13-3-5-14(23-2)6-4-13/h3-6,11,22H,7-10H2,1-2H3,(H,19,20,21). The number of aliphatic hydroxyl groups excluding tert-OH is 1. The largest absolute Gasteiger partial charge is 0.497 e. The predicted molar refractivity (Wildman–Crippen MR) is 101 cm³/mol. The maximum absolute atomic E-state index is 8.76. The third kappa shape index (κ3) is 4.07. The van der Waals surface area contributed by atoms with Crippen molar-refractivity contribution in [2.24, 2.45) is 0 Å². The van der Waals surface area contributed by atoms with E-state index in [2.05, 4.69) is 20.7 Å². The molecule has 0 unspecified atom stereocenters. The van der Waals surface area contributed by atoms with Crippen LogP contribution in [0.15, 0.2) is 29.6 Å². The van der Waals surface area contributed by atoms with E-state index in [0.717, 1.165) is 38.7 Å². The van der Waals surface area contributed by atoms with Crippen LogP contribution in [-0.2, 0) is 4.74 Å². The van der Waals surface area contributed by atoms with E-state index in [0.29, 0.717) is 19.8 Å². The van der Waals surface area contributed by atoms with Gasteiger partial charge >= 0.3 is 0 Å². The molecular formula is C18H21N3O3S. The number of hydrogen-bond acceptors (Lipinski definition) is 7. The fourth-order valence-electron chi connectivity index (χ4n) is 2.57. The van der Waals surface area contributed by atoms with E-state index in [1.165, 1.54) is 0 Å². The number of fused-ring (bicyclic) bond motifs is 1. The second-order valence-corrected chi connectivity index (χ2v) is 6.30. The van der Waals surface area contributed by atoms with E-state index in [1.807, 2.05) is 31.2 Å². The van der Waals surface area contributed by atoms with Crippen molar-refractivity contribution in [2.45, 2.75) is 6.92 Å². The van der Waals surface area contributed by atoms with Gasteiger partial charge in [0, 0.05) is 17.5 Å². The first kappa shape index (κ1) is 17.6. The van der Waals surface area contributed by atoms with Crippen molar-refractivity contribution in [2.75, 3.05) is 38.8 Å². The van der Waals surface area contributed by atoms with Crippen LogP contribution in [0.25, 0.3) is 21.3 Å². The number of nitrogens with zero attached hydrogens (tertiary/aromatic N) is 2. The van der Waals surface area contributed by atoms with Crippen LogP contribution < -0.4 is 10.1 Å². The number of aliphatic hydroxyl groups is 1. The summed E-state index contributed by atoms with van der Waals surface area (Å²) in [6, 6.07) is 7.97. The maximum atomic E-state index is 8.76. The van der Waals surface area contributed by atoms with Gasteiger partial charge in [-0.3, -0.25) is 0 Å². The number of aryl methyl sites for hydroxylation is 1. The molecule has 0 bridgehead atoms. The minimum atomic E-state index is 0.0308. The molecule has 132 valence electrons. The molecule has 2 heterocycles. The number of thiophene rings is 1. The van der Waals surface area contributed by atoms with Crippen LogP contribution in [0.1, 0.15) is 5.82 Å². The summed E-state index contributed by atoms with van der Waals surface area (Å²) < 4.78 is 10.5. The molecule has 0 atom stereocenters. The molecule has 3 rings (SSSR count). The summed E-state index contributed by atoms with van der Waals surface area (Å²) >= 11 is 1.61. The highest BCUT2D eigenvalue weighted by molar-refractivity contribution is 7.17. The molecule has 0 radical (unpaired) electrons. The molecule has 0 saturated carbocycles. The van der Waals surface area contributed by atoms with E-state index in [-0.39, 0.29) is 6.61 Å². The molecule has 6 nitrogen and oxygen atoms in total. The third-order valence-electron chi connectivity index (χ3n) is 3.72. The highest BCUT2D eigenvalue weighted by atomic mass is 32.1. The molecule has 2 N–H and O–H groups in total. The van der Waals surface area contributed by atoms with Gasteiger partial charge in [0.25, 0.3) is 0 Å². The molecular weight excluding hydrogens is 338 g/mol. The molecule has 0 aliphatic heterocycles. The van der Waals surface area contributed by atoms with E-state index < -0.39 is 0 Å². The Hall–Kier alpha value is -2.22. The van der Waals surface area contributed by atoms with Crippen molar-refractivity contribution in [1.29, 1.82) is 0 Å². The van der Waals surface area contributed by atoms with Gasteiger partial charge in [-0.2, -0.15) is 0 Å². The lowest BCUT2D eigenvalue weighted by molar-refractivity contribution is 0.0992. The highest BCUT2D eigenvalue weighted by Crippen LogP contribution is 2.37. The molecule has 0 fully saturated rings. The lowest BCUT2D eigenvalue weighted by Crippen LogP contribution is -2.12. The summed E-state index contributed by atoms with van der Waals surface area (Å²) in [4.78, 5) is 10.1. The summed E-state index contributed by atoms with van der Waals surface area (Å²) in [6.45, 7) is 3.38. The number of benzene rings is 1. The zero-order valence-electron chi connectivity index (χ0n) is 14.3. The summed E-state index contributed by atoms with van der Waals surface area (Å²) in [7, 11) is 1.66. The first-order chi connectivity index (χ1) is 12.2. The maximum Gasteiger partial charge on any atom is 0.139 e. The molecule has 7 heteroatoms. The molecule has 3 aromatic rings. The monoisotopic (exact) mass is 359 g/mol. The lowest BCUT2D eigenvalue weighted by atomic mass is 10.1. The lowest BCUT2D eigenvalue weighted by Gasteiger charge is -2.10. The van der Waals surface area contributed by atoms with Gasteiger partial charge in [-0.15, -0.1) is 11.3 Å². The molecule has 0 amide bonds. The molecule has 1 aromatic carbocycles. The second kappa shape index (κ2) is 8.24. The smallest absolute Gasteiger partial charge is 0.139 e. The van der Waals surface area contributed by atoms with Crippen molar-refractivity contribution in [1.82, 2.24) is 9.97 Å². The summed E-state index contributed by atoms with van der Waals surface area (Å²) in [5.74, 6) is 2.37. The zero-order valence-corrected chi connectivity index (χ0v) is 15.1. The molecule has 0 spiro atoms. The van der Waals surface area contributed by atoms with E-state index in [1.54, 1.807) is 18.4 Å². The van der Waals surface area contributed by atoms with Crippen LogP contribution in [0.2, 0.25) is 0 Å². The van der Waals surface area contributed by atoms with Gasteiger partial charge in [-0.25, -0.2) is 9.97 Å². The molecule has 0 aliphatic rings. The molecule has 0 aliphatic carbocycles. The number of rotatable bonds is 8. The van der Waals surface area contributed by atoms with Crippen LogP contribution in [0.3, 0.4) is 0 Å².